The van der Waals surface area contributed by atoms with Gasteiger partial charge in [0.05, 0.1) is 23.1 Å². The lowest BCUT2D eigenvalue weighted by Crippen LogP contribution is -2.10. The van der Waals surface area contributed by atoms with Crippen molar-refractivity contribution in [3.63, 3.8) is 0 Å². The molecule has 2 N–H and O–H groups in total. The molecule has 90 valence electrons. The van der Waals surface area contributed by atoms with Crippen LogP contribution >= 0.6 is 0 Å². The Morgan fingerprint density at radius 1 is 1.12 bits per heavy atom. The smallest absolute Gasteiger partial charge is 0.0826 e. The predicted molar refractivity (Wildman–Crippen MR) is 71.1 cm³/mol. The summed E-state index contributed by atoms with van der Waals surface area (Å²) in [6.07, 6.45) is 0. The second-order valence-corrected chi connectivity index (χ2v) is 4.62. The minimum absolute atomic E-state index is 0.214. The summed E-state index contributed by atoms with van der Waals surface area (Å²) in [4.78, 5) is 0. The number of anilines is 1. The van der Waals surface area contributed by atoms with Crippen LogP contribution in [0.2, 0.25) is 0 Å². The molecule has 2 rings (SSSR count). The van der Waals surface area contributed by atoms with Crippen LogP contribution in [-0.4, -0.2) is 9.78 Å². The lowest BCUT2D eigenvalue weighted by atomic mass is 10.1. The number of benzene rings is 1. The van der Waals surface area contributed by atoms with Crippen molar-refractivity contribution < 1.29 is 0 Å². The van der Waals surface area contributed by atoms with Gasteiger partial charge in [-0.15, -0.1) is 0 Å². The topological polar surface area (TPSA) is 43.8 Å². The van der Waals surface area contributed by atoms with Gasteiger partial charge < -0.3 is 5.73 Å². The lowest BCUT2D eigenvalue weighted by Gasteiger charge is -2.15. The summed E-state index contributed by atoms with van der Waals surface area (Å²) in [6.45, 7) is 8.19. The fourth-order valence-electron chi connectivity index (χ4n) is 2.04. The Balaban J connectivity index is 2.40. The monoisotopic (exact) mass is 229 g/mol. The van der Waals surface area contributed by atoms with Crippen molar-refractivity contribution in [3.8, 4) is 0 Å². The highest BCUT2D eigenvalue weighted by atomic mass is 15.3. The van der Waals surface area contributed by atoms with E-state index in [1.165, 1.54) is 11.1 Å². The van der Waals surface area contributed by atoms with Gasteiger partial charge in [0.15, 0.2) is 0 Å². The van der Waals surface area contributed by atoms with Gasteiger partial charge in [-0.05, 0) is 33.3 Å². The van der Waals surface area contributed by atoms with Crippen LogP contribution in [0.4, 0.5) is 5.69 Å². The summed E-state index contributed by atoms with van der Waals surface area (Å²) >= 11 is 0. The maximum absolute atomic E-state index is 5.96. The van der Waals surface area contributed by atoms with Crippen LogP contribution in [0.5, 0.6) is 0 Å². The van der Waals surface area contributed by atoms with Crippen LogP contribution < -0.4 is 5.73 Å². The second-order valence-electron chi connectivity index (χ2n) is 4.62. The summed E-state index contributed by atoms with van der Waals surface area (Å²) < 4.78 is 2.00. The third-order valence-corrected chi connectivity index (χ3v) is 3.31. The molecule has 2 aromatic rings. The van der Waals surface area contributed by atoms with Crippen molar-refractivity contribution in [1.82, 2.24) is 9.78 Å². The van der Waals surface area contributed by atoms with Gasteiger partial charge in [0.1, 0.15) is 0 Å². The van der Waals surface area contributed by atoms with Gasteiger partial charge in [0.2, 0.25) is 0 Å². The van der Waals surface area contributed by atoms with Crippen LogP contribution in [0.15, 0.2) is 24.3 Å². The molecule has 0 amide bonds. The van der Waals surface area contributed by atoms with E-state index in [1.54, 1.807) is 0 Å². The average molecular weight is 229 g/mol. The number of rotatable bonds is 2. The Labute approximate surface area is 102 Å². The van der Waals surface area contributed by atoms with E-state index in [-0.39, 0.29) is 6.04 Å². The molecule has 17 heavy (non-hydrogen) atoms. The highest BCUT2D eigenvalue weighted by Gasteiger charge is 2.14. The van der Waals surface area contributed by atoms with Gasteiger partial charge in [-0.3, -0.25) is 4.68 Å². The molecule has 1 heterocycles. The van der Waals surface area contributed by atoms with Gasteiger partial charge in [0.25, 0.3) is 0 Å². The molecule has 0 bridgehead atoms. The Hall–Kier alpha value is -1.77. The fraction of sp³-hybridized carbons (Fsp3) is 0.357. The molecular formula is C14H19N3. The first-order chi connectivity index (χ1) is 8.00. The Morgan fingerprint density at radius 2 is 1.71 bits per heavy atom. The number of nitrogens with two attached hydrogens (primary N) is 1. The quantitative estimate of drug-likeness (QED) is 0.860. The summed E-state index contributed by atoms with van der Waals surface area (Å²) in [5.74, 6) is 0. The van der Waals surface area contributed by atoms with Crippen LogP contribution in [0.1, 0.15) is 35.5 Å². The maximum Gasteiger partial charge on any atom is 0.0826 e. The standard InChI is InChI=1S/C14H19N3/c1-9-5-7-13(8-6-9)11(3)17-12(4)14(15)10(2)16-17/h5-8,11H,15H2,1-4H3. The molecule has 0 aliphatic rings. The van der Waals surface area contributed by atoms with Crippen molar-refractivity contribution in [3.05, 3.63) is 46.8 Å². The molecule has 0 saturated carbocycles. The van der Waals surface area contributed by atoms with Crippen molar-refractivity contribution >= 4 is 5.69 Å². The molecule has 0 spiro atoms. The fourth-order valence-corrected chi connectivity index (χ4v) is 2.04. The van der Waals surface area contributed by atoms with Gasteiger partial charge in [-0.2, -0.15) is 5.10 Å². The molecule has 1 aromatic heterocycles. The molecule has 0 saturated heterocycles. The minimum atomic E-state index is 0.214. The van der Waals surface area contributed by atoms with E-state index in [9.17, 15) is 0 Å². The summed E-state index contributed by atoms with van der Waals surface area (Å²) in [7, 11) is 0. The van der Waals surface area contributed by atoms with Crippen LogP contribution in [0.3, 0.4) is 0 Å². The van der Waals surface area contributed by atoms with Gasteiger partial charge >= 0.3 is 0 Å². The number of aromatic nitrogens is 2. The first kappa shape index (κ1) is 11.7. The number of nitrogens with zero attached hydrogens (tertiary/aromatic N) is 2. The van der Waals surface area contributed by atoms with E-state index in [0.717, 1.165) is 17.1 Å². The zero-order valence-corrected chi connectivity index (χ0v) is 10.9. The Kier molecular flexibility index (Phi) is 2.92. The first-order valence-electron chi connectivity index (χ1n) is 5.88. The number of hydrogen-bond donors (Lipinski definition) is 1. The molecule has 1 atom stereocenters. The third-order valence-electron chi connectivity index (χ3n) is 3.31. The van der Waals surface area contributed by atoms with Gasteiger partial charge in [-0.1, -0.05) is 29.8 Å². The molecule has 1 unspecified atom stereocenters. The third kappa shape index (κ3) is 2.05. The molecular weight excluding hydrogens is 210 g/mol. The highest BCUT2D eigenvalue weighted by molar-refractivity contribution is 5.47. The zero-order valence-electron chi connectivity index (χ0n) is 10.9. The Bertz CT molecular complexity index is 523. The number of aryl methyl sites for hydroxylation is 2. The molecule has 1 aromatic carbocycles. The largest absolute Gasteiger partial charge is 0.396 e. The van der Waals surface area contributed by atoms with E-state index in [0.29, 0.717) is 0 Å². The van der Waals surface area contributed by atoms with E-state index in [1.807, 2.05) is 18.5 Å². The molecule has 0 aliphatic heterocycles. The van der Waals surface area contributed by atoms with Crippen molar-refractivity contribution in [2.45, 2.75) is 33.7 Å². The lowest BCUT2D eigenvalue weighted by molar-refractivity contribution is 0.546. The van der Waals surface area contributed by atoms with Gasteiger partial charge in [0, 0.05) is 0 Å². The van der Waals surface area contributed by atoms with Crippen molar-refractivity contribution in [2.24, 2.45) is 0 Å². The van der Waals surface area contributed by atoms with Crippen LogP contribution in [-0.2, 0) is 0 Å². The van der Waals surface area contributed by atoms with Crippen LogP contribution in [0.25, 0.3) is 0 Å². The molecule has 0 fully saturated rings. The van der Waals surface area contributed by atoms with E-state index in [4.69, 9.17) is 5.73 Å². The Morgan fingerprint density at radius 3 is 2.18 bits per heavy atom. The molecule has 3 heteroatoms. The summed E-state index contributed by atoms with van der Waals surface area (Å²) in [5.41, 5.74) is 11.2. The molecule has 3 nitrogen and oxygen atoms in total. The predicted octanol–water partition coefficient (Wildman–Crippen LogP) is 3.00. The van der Waals surface area contributed by atoms with E-state index < -0.39 is 0 Å². The van der Waals surface area contributed by atoms with Gasteiger partial charge in [-0.25, -0.2) is 0 Å². The molecule has 0 aliphatic carbocycles. The second kappa shape index (κ2) is 4.24. The van der Waals surface area contributed by atoms with Crippen molar-refractivity contribution in [2.75, 3.05) is 5.73 Å². The van der Waals surface area contributed by atoms with E-state index in [2.05, 4.69) is 43.2 Å². The first-order valence-corrected chi connectivity index (χ1v) is 5.88. The zero-order chi connectivity index (χ0) is 12.6. The molecule has 0 radical (unpaired) electrons. The van der Waals surface area contributed by atoms with Crippen molar-refractivity contribution in [1.29, 1.82) is 0 Å². The average Bonchev–Trinajstić information content (AvgIpc) is 2.57. The maximum atomic E-state index is 5.96. The highest BCUT2D eigenvalue weighted by Crippen LogP contribution is 2.24. The van der Waals surface area contributed by atoms with E-state index >= 15 is 0 Å². The van der Waals surface area contributed by atoms with Crippen LogP contribution in [0, 0.1) is 20.8 Å². The number of nitrogen functional groups attached to an aromatic ring is 1. The summed E-state index contributed by atoms with van der Waals surface area (Å²) in [5, 5.41) is 4.50. The minimum Gasteiger partial charge on any atom is -0.396 e. The summed E-state index contributed by atoms with van der Waals surface area (Å²) in [6, 6.07) is 8.76. The number of hydrogen-bond acceptors (Lipinski definition) is 2. The SMILES string of the molecule is Cc1ccc(C(C)n2nc(C)c(N)c2C)cc1. The normalized spacial score (nSPS) is 12.7.